The number of nitrogens with one attached hydrogen (secondary N) is 2. The molecular formula is C14H24N5O2+. The number of carbonyl (C=O) groups is 1. The van der Waals surface area contributed by atoms with E-state index in [1.807, 2.05) is 6.92 Å². The highest BCUT2D eigenvalue weighted by atomic mass is 16.3. The van der Waals surface area contributed by atoms with E-state index in [1.54, 1.807) is 6.21 Å². The van der Waals surface area contributed by atoms with Crippen LogP contribution in [0.15, 0.2) is 29.3 Å². The molecule has 0 aromatic heterocycles. The molecule has 0 heterocycles. The number of aliphatic hydroxyl groups is 1. The highest BCUT2D eigenvalue weighted by molar-refractivity contribution is 5.78. The van der Waals surface area contributed by atoms with Crippen LogP contribution in [0.25, 0.3) is 4.98 Å². The molecule has 116 valence electrons. The predicted molar refractivity (Wildman–Crippen MR) is 82.9 cm³/mol. The number of carbonyl (C=O) groups excluding carboxylic acids is 1. The summed E-state index contributed by atoms with van der Waals surface area (Å²) in [5, 5.41) is 23.3. The summed E-state index contributed by atoms with van der Waals surface area (Å²) in [4.78, 5) is 13.9. The van der Waals surface area contributed by atoms with Gasteiger partial charge in [0.05, 0.1) is 6.54 Å². The minimum Gasteiger partial charge on any atom is -0.490 e. The van der Waals surface area contributed by atoms with E-state index in [0.29, 0.717) is 5.92 Å². The van der Waals surface area contributed by atoms with Crippen LogP contribution in [0.2, 0.25) is 0 Å². The Kier molecular flexibility index (Phi) is 10.2. The lowest BCUT2D eigenvalue weighted by atomic mass is 10.00. The summed E-state index contributed by atoms with van der Waals surface area (Å²) in [6.45, 7) is 7.86. The lowest BCUT2D eigenvalue weighted by molar-refractivity contribution is -0.120. The largest absolute Gasteiger partial charge is 0.490 e. The Balaban J connectivity index is 3.75. The van der Waals surface area contributed by atoms with Crippen molar-refractivity contribution in [2.24, 2.45) is 11.0 Å². The Labute approximate surface area is 125 Å². The highest BCUT2D eigenvalue weighted by Crippen LogP contribution is 2.12. The quantitative estimate of drug-likeness (QED) is 0.189. The highest BCUT2D eigenvalue weighted by Gasteiger charge is 2.03. The third-order valence-corrected chi connectivity index (χ3v) is 2.70. The van der Waals surface area contributed by atoms with Gasteiger partial charge in [0.1, 0.15) is 0 Å². The molecule has 0 bridgehead atoms. The van der Waals surface area contributed by atoms with Gasteiger partial charge in [-0.3, -0.25) is 4.79 Å². The van der Waals surface area contributed by atoms with Gasteiger partial charge in [0.25, 0.3) is 11.8 Å². The average molecular weight is 294 g/mol. The molecule has 0 aromatic rings. The summed E-state index contributed by atoms with van der Waals surface area (Å²) in [5.74, 6) is -0.303. The van der Waals surface area contributed by atoms with Crippen LogP contribution in [0.3, 0.4) is 0 Å². The number of hydrazone groups is 1. The van der Waals surface area contributed by atoms with Gasteiger partial charge >= 0.3 is 6.20 Å². The second-order valence-corrected chi connectivity index (χ2v) is 5.02. The first-order valence-electron chi connectivity index (χ1n) is 6.87. The molecule has 7 heteroatoms. The van der Waals surface area contributed by atoms with Crippen molar-refractivity contribution in [3.8, 4) is 0 Å². The lowest BCUT2D eigenvalue weighted by Crippen LogP contribution is -2.30. The van der Waals surface area contributed by atoms with Gasteiger partial charge < -0.3 is 10.4 Å². The van der Waals surface area contributed by atoms with E-state index in [1.165, 1.54) is 5.57 Å². The third-order valence-electron chi connectivity index (χ3n) is 2.70. The molecule has 21 heavy (non-hydrogen) atoms. The number of amides is 1. The van der Waals surface area contributed by atoms with Crippen molar-refractivity contribution in [3.63, 3.8) is 0 Å². The van der Waals surface area contributed by atoms with Gasteiger partial charge in [-0.05, 0) is 32.1 Å². The molecule has 0 aromatic carbocycles. The number of diazo groups is 1. The Morgan fingerprint density at radius 3 is 2.90 bits per heavy atom. The van der Waals surface area contributed by atoms with Crippen molar-refractivity contribution < 1.29 is 9.90 Å². The van der Waals surface area contributed by atoms with Crippen LogP contribution < -0.4 is 10.7 Å². The van der Waals surface area contributed by atoms with E-state index in [2.05, 4.69) is 34.3 Å². The van der Waals surface area contributed by atoms with E-state index >= 15 is 0 Å². The standard InChI is InChI=1S/C14H23N5O2/c1-11(2)5-4-6-12(3)7-8-18-19-14(21)9-16-13(20)10-17-15/h8,10,12,16H,1,4-7,9H2,2-3H3,(H-,19,20,21)/p+1/b13-10-,18-8+. The zero-order chi connectivity index (χ0) is 16.1. The lowest BCUT2D eigenvalue weighted by Gasteiger charge is -2.07. The van der Waals surface area contributed by atoms with Gasteiger partial charge in [-0.15, -0.1) is 6.58 Å². The maximum atomic E-state index is 11.3. The summed E-state index contributed by atoms with van der Waals surface area (Å²) in [7, 11) is 0. The first-order chi connectivity index (χ1) is 9.95. The van der Waals surface area contributed by atoms with E-state index in [4.69, 9.17) is 10.5 Å². The summed E-state index contributed by atoms with van der Waals surface area (Å²) < 4.78 is 0. The number of allylic oxidation sites excluding steroid dienone is 1. The predicted octanol–water partition coefficient (Wildman–Crippen LogP) is 2.66. The monoisotopic (exact) mass is 294 g/mol. The molecule has 0 aliphatic rings. The molecule has 0 spiro atoms. The van der Waals surface area contributed by atoms with Crippen LogP contribution in [-0.2, 0) is 4.79 Å². The SMILES string of the molecule is C=C(C)CCCC(C)C/C=N/NC(=O)CN/C(O)=C/[N+]#N. The van der Waals surface area contributed by atoms with E-state index in [-0.39, 0.29) is 6.54 Å². The number of nitrogens with zero attached hydrogens (tertiary/aromatic N) is 3. The zero-order valence-corrected chi connectivity index (χ0v) is 12.7. The minimum atomic E-state index is -0.404. The summed E-state index contributed by atoms with van der Waals surface area (Å²) in [5.41, 5.74) is 3.53. The molecule has 7 nitrogen and oxygen atoms in total. The Hall–Kier alpha value is -2.36. The van der Waals surface area contributed by atoms with Gasteiger partial charge in [0, 0.05) is 6.21 Å². The van der Waals surface area contributed by atoms with Crippen molar-refractivity contribution in [2.45, 2.75) is 39.5 Å². The molecule has 0 rings (SSSR count). The third kappa shape index (κ3) is 12.4. The first-order valence-corrected chi connectivity index (χ1v) is 6.87. The Morgan fingerprint density at radius 1 is 1.57 bits per heavy atom. The van der Waals surface area contributed by atoms with Crippen molar-refractivity contribution in [1.82, 2.24) is 10.7 Å². The fraction of sp³-hybridized carbons (Fsp3) is 0.571. The molecule has 0 radical (unpaired) electrons. The maximum Gasteiger partial charge on any atom is 0.409 e. The smallest absolute Gasteiger partial charge is 0.409 e. The maximum absolute atomic E-state index is 11.3. The van der Waals surface area contributed by atoms with Crippen LogP contribution in [0.5, 0.6) is 0 Å². The fourth-order valence-electron chi connectivity index (χ4n) is 1.53. The number of hydrogen-bond acceptors (Lipinski definition) is 5. The minimum absolute atomic E-state index is 0.163. The van der Waals surface area contributed by atoms with Crippen LogP contribution in [0, 0.1) is 11.3 Å². The molecule has 0 saturated carbocycles. The molecule has 1 amide bonds. The number of rotatable bonds is 10. The summed E-state index contributed by atoms with van der Waals surface area (Å²) in [6, 6.07) is 0. The van der Waals surface area contributed by atoms with Gasteiger partial charge in [-0.25, -0.2) is 5.43 Å². The van der Waals surface area contributed by atoms with Gasteiger partial charge in [0.15, 0.2) is 4.98 Å². The first kappa shape index (κ1) is 18.6. The van der Waals surface area contributed by atoms with Crippen molar-refractivity contribution in [1.29, 1.82) is 5.39 Å². The van der Waals surface area contributed by atoms with Crippen LogP contribution in [-0.4, -0.2) is 23.8 Å². The second kappa shape index (κ2) is 11.5. The molecular weight excluding hydrogens is 270 g/mol. The Morgan fingerprint density at radius 2 is 2.29 bits per heavy atom. The fourth-order valence-corrected chi connectivity index (χ4v) is 1.53. The zero-order valence-electron chi connectivity index (χ0n) is 12.7. The second-order valence-electron chi connectivity index (χ2n) is 5.02. The Bertz CT molecular complexity index is 437. The summed E-state index contributed by atoms with van der Waals surface area (Å²) >= 11 is 0. The molecule has 3 N–H and O–H groups in total. The van der Waals surface area contributed by atoms with E-state index in [9.17, 15) is 4.79 Å². The number of hydrogen-bond donors (Lipinski definition) is 3. The molecule has 0 fully saturated rings. The van der Waals surface area contributed by atoms with Crippen LogP contribution in [0.1, 0.15) is 39.5 Å². The average Bonchev–Trinajstić information content (AvgIpc) is 2.41. The number of aliphatic hydroxyl groups excluding tert-OH is 1. The molecule has 0 aliphatic carbocycles. The molecule has 0 saturated heterocycles. The van der Waals surface area contributed by atoms with Crippen LogP contribution in [0.4, 0.5) is 0 Å². The topological polar surface area (TPSA) is 102 Å². The van der Waals surface area contributed by atoms with Crippen LogP contribution >= 0.6 is 0 Å². The van der Waals surface area contributed by atoms with E-state index < -0.39 is 11.8 Å². The van der Waals surface area contributed by atoms with Crippen molar-refractivity contribution >= 4 is 12.1 Å². The van der Waals surface area contributed by atoms with E-state index in [0.717, 1.165) is 31.9 Å². The molecule has 1 unspecified atom stereocenters. The van der Waals surface area contributed by atoms with Crippen molar-refractivity contribution in [3.05, 3.63) is 29.2 Å². The van der Waals surface area contributed by atoms with Gasteiger partial charge in [0.2, 0.25) is 5.39 Å². The summed E-state index contributed by atoms with van der Waals surface area (Å²) in [6.07, 6.45) is 6.49. The normalized spacial score (nSPS) is 12.7. The van der Waals surface area contributed by atoms with Crippen molar-refractivity contribution in [2.75, 3.05) is 6.54 Å². The molecule has 1 atom stereocenters. The molecule has 0 aliphatic heterocycles. The van der Waals surface area contributed by atoms with Gasteiger partial charge in [-0.2, -0.15) is 5.10 Å². The van der Waals surface area contributed by atoms with Gasteiger partial charge in [-0.1, -0.05) is 18.9 Å².